The lowest BCUT2D eigenvalue weighted by molar-refractivity contribution is -0.118. The van der Waals surface area contributed by atoms with Crippen molar-refractivity contribution < 1.29 is 4.79 Å². The molecule has 0 aliphatic heterocycles. The molecule has 0 radical (unpaired) electrons. The number of carbonyl (C=O) groups excluding carboxylic acids is 1. The van der Waals surface area contributed by atoms with Crippen LogP contribution < -0.4 is 11.1 Å². The molecule has 0 saturated carbocycles. The van der Waals surface area contributed by atoms with Crippen molar-refractivity contribution in [3.63, 3.8) is 0 Å². The first kappa shape index (κ1) is 19.8. The van der Waals surface area contributed by atoms with Crippen molar-refractivity contribution in [2.75, 3.05) is 12.3 Å². The van der Waals surface area contributed by atoms with Gasteiger partial charge in [0.2, 0.25) is 5.91 Å². The normalized spacial score (nSPS) is 11.1. The van der Waals surface area contributed by atoms with Gasteiger partial charge in [0.05, 0.1) is 5.75 Å². The Morgan fingerprint density at radius 1 is 1.13 bits per heavy atom. The lowest BCUT2D eigenvalue weighted by Crippen LogP contribution is -2.49. The number of halogens is 1. The summed E-state index contributed by atoms with van der Waals surface area (Å²) < 4.78 is 0. The van der Waals surface area contributed by atoms with E-state index < -0.39 is 0 Å². The average Bonchev–Trinajstić information content (AvgIpc) is 2.57. The molecule has 3 N–H and O–H groups in total. The molecule has 2 aromatic carbocycles. The average molecular weight is 353 g/mol. The topological polar surface area (TPSA) is 55.1 Å². The Balaban J connectivity index is 0.00000264. The van der Waals surface area contributed by atoms with E-state index in [1.165, 1.54) is 10.8 Å². The van der Waals surface area contributed by atoms with Crippen LogP contribution in [0.1, 0.15) is 26.7 Å². The van der Waals surface area contributed by atoms with Crippen LogP contribution in [0.4, 0.5) is 0 Å². The fourth-order valence-electron chi connectivity index (χ4n) is 2.23. The minimum atomic E-state index is -0.288. The Kier molecular flexibility index (Phi) is 7.89. The zero-order chi connectivity index (χ0) is 16.0. The van der Waals surface area contributed by atoms with E-state index in [2.05, 4.69) is 49.5 Å². The first-order chi connectivity index (χ1) is 10.6. The van der Waals surface area contributed by atoms with Crippen molar-refractivity contribution in [3.05, 3.63) is 42.5 Å². The van der Waals surface area contributed by atoms with Crippen LogP contribution in [0.5, 0.6) is 0 Å². The first-order valence-electron chi connectivity index (χ1n) is 7.73. The Bertz CT molecular complexity index is 644. The Labute approximate surface area is 148 Å². The number of hydrogen-bond acceptors (Lipinski definition) is 3. The molecule has 0 aliphatic rings. The second-order valence-corrected chi connectivity index (χ2v) is 6.69. The number of nitrogens with one attached hydrogen (secondary N) is 1. The molecule has 0 unspecified atom stereocenters. The van der Waals surface area contributed by atoms with Gasteiger partial charge in [-0.2, -0.15) is 0 Å². The van der Waals surface area contributed by atoms with Crippen LogP contribution in [0.25, 0.3) is 10.8 Å². The summed E-state index contributed by atoms with van der Waals surface area (Å²) >= 11 is 1.56. The van der Waals surface area contributed by atoms with Crippen molar-refractivity contribution >= 4 is 40.8 Å². The zero-order valence-corrected chi connectivity index (χ0v) is 15.3. The number of fused-ring (bicyclic) bond motifs is 1. The highest BCUT2D eigenvalue weighted by Crippen LogP contribution is 2.23. The molecule has 0 atom stereocenters. The summed E-state index contributed by atoms with van der Waals surface area (Å²) in [5.74, 6) is 0.455. The van der Waals surface area contributed by atoms with Gasteiger partial charge >= 0.3 is 0 Å². The summed E-state index contributed by atoms with van der Waals surface area (Å²) in [6.45, 7) is 4.65. The number of nitrogens with two attached hydrogens (primary N) is 1. The second kappa shape index (κ2) is 9.16. The third-order valence-corrected chi connectivity index (χ3v) is 5.13. The monoisotopic (exact) mass is 352 g/mol. The van der Waals surface area contributed by atoms with Crippen LogP contribution in [-0.2, 0) is 4.79 Å². The number of benzene rings is 2. The number of rotatable bonds is 7. The van der Waals surface area contributed by atoms with Crippen LogP contribution >= 0.6 is 24.2 Å². The first-order valence-corrected chi connectivity index (χ1v) is 8.72. The summed E-state index contributed by atoms with van der Waals surface area (Å²) in [5.41, 5.74) is 5.90. The summed E-state index contributed by atoms with van der Waals surface area (Å²) in [6, 6.07) is 14.5. The number of hydrogen-bond donors (Lipinski definition) is 2. The van der Waals surface area contributed by atoms with Gasteiger partial charge in [-0.05, 0) is 35.7 Å². The lowest BCUT2D eigenvalue weighted by Gasteiger charge is -2.26. The Morgan fingerprint density at radius 3 is 2.43 bits per heavy atom. The third-order valence-electron chi connectivity index (χ3n) is 4.14. The van der Waals surface area contributed by atoms with E-state index in [1.54, 1.807) is 11.8 Å². The molecule has 0 fully saturated rings. The van der Waals surface area contributed by atoms with E-state index in [0.29, 0.717) is 12.3 Å². The molecule has 3 nitrogen and oxygen atoms in total. The minimum Gasteiger partial charge on any atom is -0.354 e. The molecule has 0 bridgehead atoms. The molecule has 5 heteroatoms. The van der Waals surface area contributed by atoms with Gasteiger partial charge in [-0.3, -0.25) is 4.79 Å². The largest absolute Gasteiger partial charge is 0.354 e. The second-order valence-electron chi connectivity index (χ2n) is 5.64. The lowest BCUT2D eigenvalue weighted by atomic mass is 9.94. The summed E-state index contributed by atoms with van der Waals surface area (Å²) in [5, 5.41) is 5.37. The summed E-state index contributed by atoms with van der Waals surface area (Å²) in [4.78, 5) is 13.1. The van der Waals surface area contributed by atoms with Crippen LogP contribution in [0, 0.1) is 0 Å². The predicted octanol–water partition coefficient (Wildman–Crippen LogP) is 3.99. The van der Waals surface area contributed by atoms with Crippen molar-refractivity contribution in [2.24, 2.45) is 5.73 Å². The molecule has 126 valence electrons. The van der Waals surface area contributed by atoms with E-state index >= 15 is 0 Å². The molecule has 0 spiro atoms. The van der Waals surface area contributed by atoms with Crippen LogP contribution in [0.3, 0.4) is 0 Å². The predicted molar refractivity (Wildman–Crippen MR) is 102 cm³/mol. The highest BCUT2D eigenvalue weighted by Gasteiger charge is 2.20. The maximum absolute atomic E-state index is 12.0. The van der Waals surface area contributed by atoms with Gasteiger partial charge in [0.1, 0.15) is 0 Å². The highest BCUT2D eigenvalue weighted by molar-refractivity contribution is 8.00. The maximum Gasteiger partial charge on any atom is 0.230 e. The number of carbonyl (C=O) groups is 1. The highest BCUT2D eigenvalue weighted by atomic mass is 35.5. The van der Waals surface area contributed by atoms with Crippen LogP contribution in [0.15, 0.2) is 47.4 Å². The van der Waals surface area contributed by atoms with Gasteiger partial charge in [0.25, 0.3) is 0 Å². The molecular formula is C18H25ClN2OS. The molecule has 0 aliphatic carbocycles. The van der Waals surface area contributed by atoms with Gasteiger partial charge in [-0.25, -0.2) is 0 Å². The van der Waals surface area contributed by atoms with Gasteiger partial charge in [0.15, 0.2) is 0 Å². The quantitative estimate of drug-likeness (QED) is 0.741. The van der Waals surface area contributed by atoms with Crippen LogP contribution in [-0.4, -0.2) is 23.7 Å². The smallest absolute Gasteiger partial charge is 0.230 e. The molecule has 0 saturated heterocycles. The van der Waals surface area contributed by atoms with Crippen LogP contribution in [0.2, 0.25) is 0 Å². The summed E-state index contributed by atoms with van der Waals surface area (Å²) in [6.07, 6.45) is 1.73. The Morgan fingerprint density at radius 2 is 1.78 bits per heavy atom. The van der Waals surface area contributed by atoms with E-state index in [-0.39, 0.29) is 23.9 Å². The van der Waals surface area contributed by atoms with Crippen molar-refractivity contribution in [1.29, 1.82) is 0 Å². The minimum absolute atomic E-state index is 0. The van der Waals surface area contributed by atoms with E-state index in [1.807, 2.05) is 12.1 Å². The molecule has 1 amide bonds. The molecular weight excluding hydrogens is 328 g/mol. The van der Waals surface area contributed by atoms with E-state index in [0.717, 1.165) is 17.7 Å². The van der Waals surface area contributed by atoms with Crippen molar-refractivity contribution in [3.8, 4) is 0 Å². The van der Waals surface area contributed by atoms with Crippen molar-refractivity contribution in [1.82, 2.24) is 5.32 Å². The molecule has 23 heavy (non-hydrogen) atoms. The third kappa shape index (κ3) is 5.72. The fourth-order valence-corrected chi connectivity index (χ4v) is 3.01. The van der Waals surface area contributed by atoms with E-state index in [9.17, 15) is 4.79 Å². The van der Waals surface area contributed by atoms with Gasteiger partial charge < -0.3 is 11.1 Å². The molecule has 0 aromatic heterocycles. The molecule has 0 heterocycles. The van der Waals surface area contributed by atoms with Gasteiger partial charge in [0, 0.05) is 17.0 Å². The molecule has 2 aromatic rings. The number of amides is 1. The van der Waals surface area contributed by atoms with Gasteiger partial charge in [-0.1, -0.05) is 44.2 Å². The Hall–Kier alpha value is -1.23. The van der Waals surface area contributed by atoms with E-state index in [4.69, 9.17) is 5.73 Å². The number of thioether (sulfide) groups is 1. The SMILES string of the molecule is CCC(N)(CC)CNC(=O)CSc1ccc2ccccc2c1.Cl. The molecule has 2 rings (SSSR count). The zero-order valence-electron chi connectivity index (χ0n) is 13.7. The van der Waals surface area contributed by atoms with Crippen molar-refractivity contribution in [2.45, 2.75) is 37.1 Å². The maximum atomic E-state index is 12.0. The van der Waals surface area contributed by atoms with Gasteiger partial charge in [-0.15, -0.1) is 24.2 Å². The summed E-state index contributed by atoms with van der Waals surface area (Å²) in [7, 11) is 0. The fraction of sp³-hybridized carbons (Fsp3) is 0.389. The standard InChI is InChI=1S/C18H24N2OS.ClH/c1-3-18(19,4-2)13-20-17(21)12-22-16-10-9-14-7-5-6-8-15(14)11-16;/h5-11H,3-4,12-13,19H2,1-2H3,(H,20,21);1H.